The molecule has 2 unspecified atom stereocenters. The Labute approximate surface area is 203 Å². The molecule has 0 fully saturated rings. The Hall–Kier alpha value is -1.25. The van der Waals surface area contributed by atoms with E-state index in [9.17, 15) is 19.4 Å². The molecule has 2 heterocycles. The van der Waals surface area contributed by atoms with E-state index in [1.165, 1.54) is 22.4 Å². The molecule has 31 heavy (non-hydrogen) atoms. The molecule has 2 rings (SSSR count). The molecule has 8 nitrogen and oxygen atoms in total. The van der Waals surface area contributed by atoms with Gasteiger partial charge in [-0.25, -0.2) is 9.40 Å². The summed E-state index contributed by atoms with van der Waals surface area (Å²) in [6, 6.07) is 2.58. The fourth-order valence-electron chi connectivity index (χ4n) is 2.94. The second kappa shape index (κ2) is 12.1. The van der Waals surface area contributed by atoms with Crippen molar-refractivity contribution in [2.24, 2.45) is 5.10 Å². The molecular formula is C19H25ClFIN4O4S. The average molecular weight is 587 g/mol. The maximum absolute atomic E-state index is 14.4. The Balaban J connectivity index is 2.17. The molecule has 1 aliphatic rings. The van der Waals surface area contributed by atoms with Gasteiger partial charge in [-0.05, 0) is 48.6 Å². The number of amides is 1. The van der Waals surface area contributed by atoms with Gasteiger partial charge < -0.3 is 25.2 Å². The van der Waals surface area contributed by atoms with Crippen LogP contribution in [-0.4, -0.2) is 77.7 Å². The number of hydrazone groups is 1. The molecular weight excluding hydrogens is 562 g/mol. The van der Waals surface area contributed by atoms with Crippen molar-refractivity contribution >= 4 is 57.3 Å². The summed E-state index contributed by atoms with van der Waals surface area (Å²) in [5, 5.41) is 28.6. The lowest BCUT2D eigenvalue weighted by molar-refractivity contribution is -0.129. The fraction of sp³-hybridized carbons (Fsp3) is 0.474. The lowest BCUT2D eigenvalue weighted by Crippen LogP contribution is -2.48. The van der Waals surface area contributed by atoms with Crippen LogP contribution < -0.4 is 5.32 Å². The summed E-state index contributed by atoms with van der Waals surface area (Å²) in [5.74, 6) is -0.557. The molecule has 0 aliphatic carbocycles. The smallest absolute Gasteiger partial charge is 0.242 e. The number of carbonyl (C=O) groups is 1. The Morgan fingerprint density at radius 3 is 2.77 bits per heavy atom. The van der Waals surface area contributed by atoms with E-state index < -0.39 is 30.7 Å². The Morgan fingerprint density at radius 1 is 1.55 bits per heavy atom. The molecule has 0 saturated carbocycles. The van der Waals surface area contributed by atoms with Gasteiger partial charge in [-0.3, -0.25) is 4.79 Å². The van der Waals surface area contributed by atoms with E-state index in [0.717, 1.165) is 4.88 Å². The first-order valence-corrected chi connectivity index (χ1v) is 11.6. The number of amidine groups is 1. The first-order chi connectivity index (χ1) is 14.7. The number of hydrogen-bond donors (Lipinski definition) is 3. The topological polar surface area (TPSA) is 97.6 Å². The minimum Gasteiger partial charge on any atom is -0.394 e. The van der Waals surface area contributed by atoms with E-state index >= 15 is 0 Å². The highest BCUT2D eigenvalue weighted by atomic mass is 127. The maximum atomic E-state index is 14.4. The first kappa shape index (κ1) is 26.0. The third kappa shape index (κ3) is 6.62. The second-order valence-electron chi connectivity index (χ2n) is 6.55. The number of nitrogens with one attached hydrogen (secondary N) is 1. The number of rotatable bonds is 10. The molecule has 2 atom stereocenters. The van der Waals surface area contributed by atoms with Gasteiger partial charge in [0.25, 0.3) is 0 Å². The van der Waals surface area contributed by atoms with Crippen LogP contribution in [0.4, 0.5) is 4.39 Å². The molecule has 0 radical (unpaired) electrons. The maximum Gasteiger partial charge on any atom is 0.242 e. The van der Waals surface area contributed by atoms with Crippen LogP contribution >= 0.6 is 45.5 Å². The predicted octanol–water partition coefficient (Wildman–Crippen LogP) is 2.66. The quantitative estimate of drug-likeness (QED) is 0.288. The summed E-state index contributed by atoms with van der Waals surface area (Å²) < 4.78 is 20.5. The highest BCUT2D eigenvalue weighted by Gasteiger charge is 2.35. The average Bonchev–Trinajstić information content (AvgIpc) is 3.29. The third-order valence-electron chi connectivity index (χ3n) is 4.44. The molecule has 0 spiro atoms. The Bertz CT molecular complexity index is 875. The summed E-state index contributed by atoms with van der Waals surface area (Å²) in [6.07, 6.45) is 0.311. The fourth-order valence-corrected chi connectivity index (χ4v) is 4.30. The van der Waals surface area contributed by atoms with Gasteiger partial charge in [0.1, 0.15) is 12.4 Å². The monoisotopic (exact) mass is 586 g/mol. The number of aliphatic hydroxyl groups is 2. The van der Waals surface area contributed by atoms with Crippen LogP contribution in [0.25, 0.3) is 0 Å². The van der Waals surface area contributed by atoms with E-state index in [0.29, 0.717) is 26.9 Å². The molecule has 0 saturated heterocycles. The number of hydrogen-bond acceptors (Lipinski definition) is 8. The number of nitrogens with zero attached hydrogens (tertiary/aromatic N) is 3. The normalized spacial score (nSPS) is 18.8. The first-order valence-electron chi connectivity index (χ1n) is 9.36. The zero-order valence-electron chi connectivity index (χ0n) is 17.3. The Morgan fingerprint density at radius 2 is 2.26 bits per heavy atom. The van der Waals surface area contributed by atoms with Crippen molar-refractivity contribution in [1.82, 2.24) is 15.2 Å². The summed E-state index contributed by atoms with van der Waals surface area (Å²) in [7, 11) is 1.55. The van der Waals surface area contributed by atoms with E-state index in [4.69, 9.17) is 16.3 Å². The number of carbonyl (C=O) groups excluding carboxylic acids is 1. The van der Waals surface area contributed by atoms with Crippen molar-refractivity contribution in [2.45, 2.75) is 26.2 Å². The summed E-state index contributed by atoms with van der Waals surface area (Å²) in [6.45, 7) is 3.13. The van der Waals surface area contributed by atoms with Crippen LogP contribution in [-0.2, 0) is 9.53 Å². The molecule has 1 amide bonds. The number of thiophene rings is 1. The molecule has 1 aromatic rings. The van der Waals surface area contributed by atoms with Crippen LogP contribution in [0.2, 0.25) is 4.34 Å². The van der Waals surface area contributed by atoms with Crippen molar-refractivity contribution < 1.29 is 24.1 Å². The predicted molar refractivity (Wildman–Crippen MR) is 128 cm³/mol. The molecule has 172 valence electrons. The lowest BCUT2D eigenvalue weighted by atomic mass is 10.1. The van der Waals surface area contributed by atoms with Crippen LogP contribution in [0.3, 0.4) is 0 Å². The van der Waals surface area contributed by atoms with Gasteiger partial charge >= 0.3 is 0 Å². The van der Waals surface area contributed by atoms with Crippen molar-refractivity contribution in [2.75, 3.05) is 33.4 Å². The number of ether oxygens (including phenoxy) is 1. The number of methoxy groups -OCH3 is 1. The second-order valence-corrected chi connectivity index (χ2v) is 9.88. The van der Waals surface area contributed by atoms with Crippen molar-refractivity contribution in [3.8, 4) is 0 Å². The third-order valence-corrected chi connectivity index (χ3v) is 6.14. The van der Waals surface area contributed by atoms with Crippen molar-refractivity contribution in [3.63, 3.8) is 0 Å². The summed E-state index contributed by atoms with van der Waals surface area (Å²) in [5.41, 5.74) is 0.184. The van der Waals surface area contributed by atoms with Gasteiger partial charge in [-0.15, -0.1) is 11.3 Å². The van der Waals surface area contributed by atoms with Crippen molar-refractivity contribution in [3.05, 3.63) is 42.4 Å². The van der Waals surface area contributed by atoms with Crippen molar-refractivity contribution in [1.29, 1.82) is 0 Å². The van der Waals surface area contributed by atoms with E-state index in [-0.39, 0.29) is 12.1 Å². The van der Waals surface area contributed by atoms with E-state index in [1.54, 1.807) is 38.0 Å². The Kier molecular flexibility index (Phi) is 10.2. The van der Waals surface area contributed by atoms with E-state index in [1.807, 2.05) is 22.6 Å². The van der Waals surface area contributed by atoms with Gasteiger partial charge in [0.15, 0.2) is 5.84 Å². The van der Waals surface area contributed by atoms with Crippen LogP contribution in [0.15, 0.2) is 38.3 Å². The molecule has 1 aromatic heterocycles. The molecule has 0 aromatic carbocycles. The molecule has 3 N–H and O–H groups in total. The number of halogens is 3. The standard InChI is InChI=1S/C19H25ClFIN4O4S/c1-4-12(17(21)11(2)22)13(10-27)23-16(28)9-26-19(29)25(7-8-30-3)18(24-26)14-5-6-15(20)31-14/h4-6,13,19,27,29H,7-10H2,1-3H3,(H,23,28)/b12-4-,17-11-. The van der Waals surface area contributed by atoms with Crippen LogP contribution in [0.1, 0.15) is 18.7 Å². The van der Waals surface area contributed by atoms with Gasteiger partial charge in [0.2, 0.25) is 12.3 Å². The molecule has 12 heteroatoms. The van der Waals surface area contributed by atoms with Crippen LogP contribution in [0, 0.1) is 0 Å². The minimum atomic E-state index is -1.20. The SMILES string of the molecule is C/C=C(\C(F)=C(/C)I)C(CO)NC(=O)CN1N=C(c2ccc(Cl)s2)N(CCOC)C1O. The minimum absolute atomic E-state index is 0.184. The van der Waals surface area contributed by atoms with Gasteiger partial charge in [0, 0.05) is 22.8 Å². The van der Waals surface area contributed by atoms with Gasteiger partial charge in [0.05, 0.1) is 28.5 Å². The zero-order valence-corrected chi connectivity index (χ0v) is 21.0. The van der Waals surface area contributed by atoms with Gasteiger partial charge in [-0.1, -0.05) is 17.7 Å². The van der Waals surface area contributed by atoms with Crippen LogP contribution in [0.5, 0.6) is 0 Å². The van der Waals surface area contributed by atoms with E-state index in [2.05, 4.69) is 10.4 Å². The summed E-state index contributed by atoms with van der Waals surface area (Å²) >= 11 is 9.17. The highest BCUT2D eigenvalue weighted by Crippen LogP contribution is 2.27. The zero-order chi connectivity index (χ0) is 23.1. The largest absolute Gasteiger partial charge is 0.394 e. The lowest BCUT2D eigenvalue weighted by Gasteiger charge is -2.27. The molecule has 0 bridgehead atoms. The van der Waals surface area contributed by atoms with Gasteiger partial charge in [-0.2, -0.15) is 5.10 Å². The molecule has 1 aliphatic heterocycles. The number of allylic oxidation sites excluding steroid dienone is 2. The summed E-state index contributed by atoms with van der Waals surface area (Å²) in [4.78, 5) is 15.0. The highest BCUT2D eigenvalue weighted by molar-refractivity contribution is 14.1. The number of aliphatic hydroxyl groups excluding tert-OH is 2.